The van der Waals surface area contributed by atoms with Gasteiger partial charge in [0.05, 0.1) is 11.3 Å². The highest BCUT2D eigenvalue weighted by molar-refractivity contribution is 5.58. The summed E-state index contributed by atoms with van der Waals surface area (Å²) in [6.45, 7) is 4.59. The van der Waals surface area contributed by atoms with Crippen molar-refractivity contribution in [3.63, 3.8) is 0 Å². The lowest BCUT2D eigenvalue weighted by Gasteiger charge is -2.27. The highest BCUT2D eigenvalue weighted by atomic mass is 16.1. The number of nitrogens with two attached hydrogens (primary N) is 1. The fraction of sp³-hybridized carbons (Fsp3) is 0.304. The predicted molar refractivity (Wildman–Crippen MR) is 113 cm³/mol. The van der Waals surface area contributed by atoms with Crippen molar-refractivity contribution in [2.75, 3.05) is 12.3 Å². The van der Waals surface area contributed by atoms with Crippen LogP contribution in [0.25, 0.3) is 11.4 Å². The number of nitrogen functional groups attached to an aromatic ring is 1. The fourth-order valence-electron chi connectivity index (χ4n) is 3.75. The van der Waals surface area contributed by atoms with E-state index in [2.05, 4.69) is 41.1 Å². The van der Waals surface area contributed by atoms with E-state index in [9.17, 15) is 4.79 Å². The summed E-state index contributed by atoms with van der Waals surface area (Å²) >= 11 is 0. The lowest BCUT2D eigenvalue weighted by atomic mass is 10.0. The third-order valence-corrected chi connectivity index (χ3v) is 5.30. The minimum Gasteiger partial charge on any atom is -0.399 e. The summed E-state index contributed by atoms with van der Waals surface area (Å²) in [5.41, 5.74) is 11.6. The molecule has 5 nitrogen and oxygen atoms in total. The number of aromatic amines is 1. The van der Waals surface area contributed by atoms with E-state index >= 15 is 0 Å². The number of nitrogens with one attached hydrogen (secondary N) is 1. The Bertz CT molecular complexity index is 1010. The van der Waals surface area contributed by atoms with Gasteiger partial charge in [0.25, 0.3) is 5.56 Å². The second-order valence-electron chi connectivity index (χ2n) is 7.49. The second kappa shape index (κ2) is 7.98. The number of aromatic nitrogens is 2. The number of hydrogen-bond acceptors (Lipinski definition) is 4. The Hall–Kier alpha value is -2.92. The monoisotopic (exact) mass is 374 g/mol. The van der Waals surface area contributed by atoms with Crippen molar-refractivity contribution in [2.24, 2.45) is 0 Å². The van der Waals surface area contributed by atoms with Crippen LogP contribution in [0.15, 0.2) is 53.3 Å². The normalized spacial score (nSPS) is 14.0. The van der Waals surface area contributed by atoms with Gasteiger partial charge in [-0.15, -0.1) is 0 Å². The molecule has 1 aliphatic heterocycles. The summed E-state index contributed by atoms with van der Waals surface area (Å²) in [6, 6.07) is 16.2. The van der Waals surface area contributed by atoms with Gasteiger partial charge in [-0.1, -0.05) is 37.6 Å². The van der Waals surface area contributed by atoms with Gasteiger partial charge in [-0.05, 0) is 41.8 Å². The van der Waals surface area contributed by atoms with E-state index in [0.29, 0.717) is 18.1 Å². The first kappa shape index (κ1) is 18.4. The highest BCUT2D eigenvalue weighted by Crippen LogP contribution is 2.21. The summed E-state index contributed by atoms with van der Waals surface area (Å²) in [7, 11) is 0. The molecule has 2 heterocycles. The molecular formula is C23H26N4O. The number of hydrogen-bond donors (Lipinski definition) is 2. The Kier molecular flexibility index (Phi) is 5.26. The molecule has 0 spiro atoms. The molecule has 3 N–H and O–H groups in total. The average molecular weight is 374 g/mol. The van der Waals surface area contributed by atoms with Crippen LogP contribution in [0.5, 0.6) is 0 Å². The van der Waals surface area contributed by atoms with Gasteiger partial charge >= 0.3 is 0 Å². The molecule has 28 heavy (non-hydrogen) atoms. The topological polar surface area (TPSA) is 75.0 Å². The summed E-state index contributed by atoms with van der Waals surface area (Å²) in [5.74, 6) is 0.615. The largest absolute Gasteiger partial charge is 0.399 e. The van der Waals surface area contributed by atoms with Crippen molar-refractivity contribution in [3.05, 3.63) is 81.3 Å². The zero-order valence-corrected chi connectivity index (χ0v) is 16.2. The van der Waals surface area contributed by atoms with Crippen LogP contribution in [-0.2, 0) is 25.9 Å². The number of anilines is 1. The first-order chi connectivity index (χ1) is 13.6. The molecule has 0 atom stereocenters. The smallest absolute Gasteiger partial charge is 0.255 e. The minimum absolute atomic E-state index is 0.0418. The summed E-state index contributed by atoms with van der Waals surface area (Å²) in [6.07, 6.45) is 3.07. The van der Waals surface area contributed by atoms with Crippen LogP contribution in [0.2, 0.25) is 0 Å². The van der Waals surface area contributed by atoms with Crippen LogP contribution >= 0.6 is 0 Å². The second-order valence-corrected chi connectivity index (χ2v) is 7.49. The molecule has 0 saturated carbocycles. The van der Waals surface area contributed by atoms with Crippen molar-refractivity contribution >= 4 is 5.69 Å². The lowest BCUT2D eigenvalue weighted by Crippen LogP contribution is -2.35. The number of benzene rings is 2. The van der Waals surface area contributed by atoms with Crippen LogP contribution in [0, 0.1) is 0 Å². The fourth-order valence-corrected chi connectivity index (χ4v) is 3.75. The number of fused-ring (bicyclic) bond motifs is 1. The third-order valence-electron chi connectivity index (χ3n) is 5.30. The minimum atomic E-state index is -0.0418. The molecule has 144 valence electrons. The Morgan fingerprint density at radius 1 is 1.07 bits per heavy atom. The highest BCUT2D eigenvalue weighted by Gasteiger charge is 2.21. The summed E-state index contributed by atoms with van der Waals surface area (Å²) < 4.78 is 0. The van der Waals surface area contributed by atoms with Gasteiger partial charge in [0.2, 0.25) is 0 Å². The Morgan fingerprint density at radius 3 is 2.50 bits per heavy atom. The Morgan fingerprint density at radius 2 is 1.79 bits per heavy atom. The molecule has 0 amide bonds. The number of rotatable bonds is 5. The van der Waals surface area contributed by atoms with Gasteiger partial charge < -0.3 is 10.7 Å². The van der Waals surface area contributed by atoms with Gasteiger partial charge in [0.1, 0.15) is 5.82 Å². The maximum atomic E-state index is 12.7. The van der Waals surface area contributed by atoms with E-state index in [-0.39, 0.29) is 5.56 Å². The maximum Gasteiger partial charge on any atom is 0.255 e. The average Bonchev–Trinajstić information content (AvgIpc) is 2.70. The van der Waals surface area contributed by atoms with Crippen LogP contribution in [-0.4, -0.2) is 21.4 Å². The van der Waals surface area contributed by atoms with Crippen LogP contribution in [0.4, 0.5) is 5.69 Å². The molecule has 1 aromatic heterocycles. The quantitative estimate of drug-likeness (QED) is 0.670. The molecule has 5 heteroatoms. The van der Waals surface area contributed by atoms with Crippen molar-refractivity contribution in [1.29, 1.82) is 0 Å². The zero-order chi connectivity index (χ0) is 19.5. The van der Waals surface area contributed by atoms with E-state index in [1.54, 1.807) is 0 Å². The van der Waals surface area contributed by atoms with Crippen molar-refractivity contribution in [1.82, 2.24) is 14.9 Å². The third kappa shape index (κ3) is 3.99. The van der Waals surface area contributed by atoms with Gasteiger partial charge in [0.15, 0.2) is 0 Å². The molecule has 0 radical (unpaired) electrons. The molecule has 0 fully saturated rings. The number of H-pyrrole nitrogens is 1. The first-order valence-electron chi connectivity index (χ1n) is 9.90. The number of nitrogens with zero attached hydrogens (tertiary/aromatic N) is 2. The predicted octanol–water partition coefficient (Wildman–Crippen LogP) is 3.53. The Labute approximate surface area is 165 Å². The van der Waals surface area contributed by atoms with E-state index < -0.39 is 0 Å². The maximum absolute atomic E-state index is 12.7. The molecule has 0 bridgehead atoms. The van der Waals surface area contributed by atoms with E-state index in [0.717, 1.165) is 49.2 Å². The van der Waals surface area contributed by atoms with Crippen molar-refractivity contribution in [2.45, 2.75) is 39.3 Å². The number of aryl methyl sites for hydroxylation is 1. The van der Waals surface area contributed by atoms with E-state index in [1.165, 1.54) is 11.1 Å². The van der Waals surface area contributed by atoms with Crippen LogP contribution < -0.4 is 11.3 Å². The molecule has 0 unspecified atom stereocenters. The molecule has 2 aromatic carbocycles. The van der Waals surface area contributed by atoms with Gasteiger partial charge in [-0.25, -0.2) is 4.98 Å². The van der Waals surface area contributed by atoms with Crippen LogP contribution in [0.1, 0.15) is 35.7 Å². The summed E-state index contributed by atoms with van der Waals surface area (Å²) in [5, 5.41) is 0. The zero-order valence-electron chi connectivity index (χ0n) is 16.2. The van der Waals surface area contributed by atoms with E-state index in [1.807, 2.05) is 24.3 Å². The SMILES string of the molecule is CCCc1ccc(CN2CCc3nc(-c4ccc(N)cc4)[nH]c(=O)c3C2)cc1. The molecular weight excluding hydrogens is 348 g/mol. The van der Waals surface area contributed by atoms with Gasteiger partial charge in [0, 0.05) is 37.3 Å². The van der Waals surface area contributed by atoms with Crippen molar-refractivity contribution in [3.8, 4) is 11.4 Å². The van der Waals surface area contributed by atoms with E-state index in [4.69, 9.17) is 10.7 Å². The van der Waals surface area contributed by atoms with Gasteiger partial charge in [-0.3, -0.25) is 9.69 Å². The van der Waals surface area contributed by atoms with Crippen molar-refractivity contribution < 1.29 is 0 Å². The molecule has 3 aromatic rings. The Balaban J connectivity index is 1.51. The molecule has 0 aliphatic carbocycles. The first-order valence-corrected chi connectivity index (χ1v) is 9.90. The molecule has 1 aliphatic rings. The standard InChI is InChI=1S/C23H26N4O/c1-2-3-16-4-6-17(7-5-16)14-27-13-12-21-20(15-27)23(28)26-22(25-21)18-8-10-19(24)11-9-18/h4-11H,2-3,12-15,24H2,1H3,(H,25,26,28). The van der Waals surface area contributed by atoms with Crippen LogP contribution in [0.3, 0.4) is 0 Å². The lowest BCUT2D eigenvalue weighted by molar-refractivity contribution is 0.242. The molecule has 0 saturated heterocycles. The molecule has 4 rings (SSSR count). The van der Waals surface area contributed by atoms with Gasteiger partial charge in [-0.2, -0.15) is 0 Å². The summed E-state index contributed by atoms with van der Waals surface area (Å²) in [4.78, 5) is 22.7.